The van der Waals surface area contributed by atoms with Gasteiger partial charge in [0, 0.05) is 36.8 Å². The maximum atomic E-state index is 5.79. The maximum Gasteiger partial charge on any atom is 0.0649 e. The lowest BCUT2D eigenvalue weighted by Gasteiger charge is -2.37. The van der Waals surface area contributed by atoms with Crippen molar-refractivity contribution in [3.63, 3.8) is 0 Å². The van der Waals surface area contributed by atoms with Crippen molar-refractivity contribution in [3.05, 3.63) is 52.5 Å². The summed E-state index contributed by atoms with van der Waals surface area (Å²) >= 11 is 3.58. The van der Waals surface area contributed by atoms with Gasteiger partial charge in [-0.05, 0) is 35.9 Å². The number of nitrogens with two attached hydrogens (primary N) is 1. The Balaban J connectivity index is 2.07. The van der Waals surface area contributed by atoms with Crippen LogP contribution in [0.15, 0.2) is 46.9 Å². The summed E-state index contributed by atoms with van der Waals surface area (Å²) in [5, 5.41) is 0. The third-order valence-corrected chi connectivity index (χ3v) is 4.19. The van der Waals surface area contributed by atoms with Gasteiger partial charge in [0.15, 0.2) is 0 Å². The number of halogens is 1. The van der Waals surface area contributed by atoms with Crippen LogP contribution in [0.5, 0.6) is 0 Å². The van der Waals surface area contributed by atoms with Crippen molar-refractivity contribution in [2.24, 2.45) is 5.73 Å². The Morgan fingerprint density at radius 1 is 1.10 bits per heavy atom. The van der Waals surface area contributed by atoms with Crippen LogP contribution in [0.4, 0.5) is 17.1 Å². The van der Waals surface area contributed by atoms with Gasteiger partial charge in [-0.3, -0.25) is 0 Å². The number of benzene rings is 2. The van der Waals surface area contributed by atoms with Gasteiger partial charge in [0.05, 0.1) is 11.4 Å². The van der Waals surface area contributed by atoms with E-state index >= 15 is 0 Å². The smallest absolute Gasteiger partial charge is 0.0649 e. The van der Waals surface area contributed by atoms with Crippen molar-refractivity contribution in [3.8, 4) is 0 Å². The van der Waals surface area contributed by atoms with Crippen LogP contribution in [0.3, 0.4) is 0 Å². The van der Waals surface area contributed by atoms with Crippen molar-refractivity contribution < 1.29 is 0 Å². The number of para-hydroxylation sites is 2. The number of hydrogen-bond donors (Lipinski definition) is 1. The molecule has 2 aromatic rings. The van der Waals surface area contributed by atoms with E-state index in [1.54, 1.807) is 0 Å². The molecule has 0 unspecified atom stereocenters. The Bertz CT molecular complexity index is 627. The van der Waals surface area contributed by atoms with E-state index in [-0.39, 0.29) is 0 Å². The van der Waals surface area contributed by atoms with Gasteiger partial charge >= 0.3 is 0 Å². The van der Waals surface area contributed by atoms with Gasteiger partial charge in [-0.2, -0.15) is 0 Å². The lowest BCUT2D eigenvalue weighted by molar-refractivity contribution is 0.821. The van der Waals surface area contributed by atoms with E-state index in [2.05, 4.69) is 75.2 Å². The third kappa shape index (κ3) is 2.41. The van der Waals surface area contributed by atoms with E-state index < -0.39 is 0 Å². The number of fused-ring (bicyclic) bond motifs is 1. The lowest BCUT2D eigenvalue weighted by atomic mass is 10.1. The van der Waals surface area contributed by atoms with Crippen LogP contribution < -0.4 is 15.5 Å². The first-order valence-electron chi connectivity index (χ1n) is 6.76. The second-order valence-electron chi connectivity index (χ2n) is 5.08. The predicted octanol–water partition coefficient (Wildman–Crippen LogP) is 3.50. The number of hydrogen-bond acceptors (Lipinski definition) is 3. The molecule has 0 fully saturated rings. The van der Waals surface area contributed by atoms with Gasteiger partial charge in [0.25, 0.3) is 0 Å². The van der Waals surface area contributed by atoms with Crippen LogP contribution in [0.1, 0.15) is 5.56 Å². The monoisotopic (exact) mass is 331 g/mol. The molecule has 0 aromatic heterocycles. The number of likely N-dealkylation sites (N-methyl/N-ethyl adjacent to an activating group) is 1. The summed E-state index contributed by atoms with van der Waals surface area (Å²) in [6, 6.07) is 14.9. The summed E-state index contributed by atoms with van der Waals surface area (Å²) < 4.78 is 1.08. The molecular weight excluding hydrogens is 314 g/mol. The SMILES string of the molecule is CN1CCN(c2cc(Br)cc(CN)c2)c2ccccc21. The molecule has 0 atom stereocenters. The Morgan fingerprint density at radius 2 is 1.85 bits per heavy atom. The molecule has 0 radical (unpaired) electrons. The van der Waals surface area contributed by atoms with Crippen molar-refractivity contribution in [2.45, 2.75) is 6.54 Å². The van der Waals surface area contributed by atoms with Crippen LogP contribution in [0.2, 0.25) is 0 Å². The highest BCUT2D eigenvalue weighted by atomic mass is 79.9. The summed E-state index contributed by atoms with van der Waals surface area (Å²) in [5.74, 6) is 0. The van der Waals surface area contributed by atoms with E-state index in [0.717, 1.165) is 23.1 Å². The Kier molecular flexibility index (Phi) is 3.68. The molecule has 0 saturated carbocycles. The molecule has 1 aliphatic heterocycles. The Labute approximate surface area is 128 Å². The fourth-order valence-electron chi connectivity index (χ4n) is 2.68. The van der Waals surface area contributed by atoms with E-state index in [0.29, 0.717) is 6.54 Å². The maximum absolute atomic E-state index is 5.79. The third-order valence-electron chi connectivity index (χ3n) is 3.73. The first kappa shape index (κ1) is 13.5. The van der Waals surface area contributed by atoms with Crippen molar-refractivity contribution in [2.75, 3.05) is 29.9 Å². The lowest BCUT2D eigenvalue weighted by Crippen LogP contribution is -2.36. The summed E-state index contributed by atoms with van der Waals surface area (Å²) in [6.07, 6.45) is 0. The van der Waals surface area contributed by atoms with Crippen LogP contribution in [-0.4, -0.2) is 20.1 Å². The molecule has 2 N–H and O–H groups in total. The molecule has 0 spiro atoms. The highest BCUT2D eigenvalue weighted by molar-refractivity contribution is 9.10. The molecule has 3 rings (SSSR count). The highest BCUT2D eigenvalue weighted by Gasteiger charge is 2.21. The second kappa shape index (κ2) is 5.46. The summed E-state index contributed by atoms with van der Waals surface area (Å²) in [4.78, 5) is 4.66. The van der Waals surface area contributed by atoms with Gasteiger partial charge in [-0.25, -0.2) is 0 Å². The number of nitrogens with zero attached hydrogens (tertiary/aromatic N) is 2. The zero-order valence-electron chi connectivity index (χ0n) is 11.5. The molecule has 0 amide bonds. The van der Waals surface area contributed by atoms with Gasteiger partial charge in [-0.15, -0.1) is 0 Å². The van der Waals surface area contributed by atoms with Crippen molar-refractivity contribution in [1.29, 1.82) is 0 Å². The Morgan fingerprint density at radius 3 is 2.60 bits per heavy atom. The van der Waals surface area contributed by atoms with Crippen LogP contribution in [0.25, 0.3) is 0 Å². The first-order chi connectivity index (χ1) is 9.69. The minimum Gasteiger partial charge on any atom is -0.371 e. The first-order valence-corrected chi connectivity index (χ1v) is 7.55. The quantitative estimate of drug-likeness (QED) is 0.914. The Hall–Kier alpha value is -1.52. The highest BCUT2D eigenvalue weighted by Crippen LogP contribution is 2.37. The fourth-order valence-corrected chi connectivity index (χ4v) is 3.21. The molecule has 20 heavy (non-hydrogen) atoms. The molecule has 3 nitrogen and oxygen atoms in total. The van der Waals surface area contributed by atoms with Gasteiger partial charge < -0.3 is 15.5 Å². The molecule has 1 aliphatic rings. The topological polar surface area (TPSA) is 32.5 Å². The van der Waals surface area contributed by atoms with Crippen LogP contribution in [-0.2, 0) is 6.54 Å². The molecular formula is C16H18BrN3. The van der Waals surface area contributed by atoms with Crippen LogP contribution in [0, 0.1) is 0 Å². The molecule has 0 aliphatic carbocycles. The fraction of sp³-hybridized carbons (Fsp3) is 0.250. The van der Waals surface area contributed by atoms with Crippen molar-refractivity contribution >= 4 is 33.0 Å². The molecule has 104 valence electrons. The average Bonchev–Trinajstić information content (AvgIpc) is 2.47. The van der Waals surface area contributed by atoms with E-state index in [1.807, 2.05) is 0 Å². The van der Waals surface area contributed by atoms with Gasteiger partial charge in [-0.1, -0.05) is 28.1 Å². The van der Waals surface area contributed by atoms with Crippen LogP contribution >= 0.6 is 15.9 Å². The van der Waals surface area contributed by atoms with E-state index in [9.17, 15) is 0 Å². The summed E-state index contributed by atoms with van der Waals surface area (Å²) in [6.45, 7) is 2.55. The number of anilines is 3. The summed E-state index contributed by atoms with van der Waals surface area (Å²) in [7, 11) is 2.14. The standard InChI is InChI=1S/C16H18BrN3/c1-19-6-7-20(16-5-3-2-4-15(16)19)14-9-12(11-18)8-13(17)10-14/h2-5,8-10H,6-7,11,18H2,1H3. The van der Waals surface area contributed by atoms with E-state index in [1.165, 1.54) is 17.1 Å². The predicted molar refractivity (Wildman–Crippen MR) is 88.8 cm³/mol. The molecule has 0 saturated heterocycles. The average molecular weight is 332 g/mol. The largest absolute Gasteiger partial charge is 0.371 e. The molecule has 4 heteroatoms. The minimum atomic E-state index is 0.557. The zero-order chi connectivity index (χ0) is 14.1. The zero-order valence-corrected chi connectivity index (χ0v) is 13.1. The van der Waals surface area contributed by atoms with Gasteiger partial charge in [0.2, 0.25) is 0 Å². The molecule has 0 bridgehead atoms. The number of rotatable bonds is 2. The second-order valence-corrected chi connectivity index (χ2v) is 6.00. The normalized spacial score (nSPS) is 14.3. The summed E-state index contributed by atoms with van der Waals surface area (Å²) in [5.41, 5.74) is 10.6. The van der Waals surface area contributed by atoms with Crippen molar-refractivity contribution in [1.82, 2.24) is 0 Å². The van der Waals surface area contributed by atoms with E-state index in [4.69, 9.17) is 5.73 Å². The van der Waals surface area contributed by atoms with Gasteiger partial charge in [0.1, 0.15) is 0 Å². The molecule has 1 heterocycles. The minimum absolute atomic E-state index is 0.557. The molecule has 2 aromatic carbocycles.